The highest BCUT2D eigenvalue weighted by molar-refractivity contribution is 6.25. The molecule has 0 bridgehead atoms. The fourth-order valence-corrected chi connectivity index (χ4v) is 2.95. The quantitative estimate of drug-likeness (QED) is 0.624. The van der Waals surface area contributed by atoms with E-state index in [2.05, 4.69) is 0 Å². The van der Waals surface area contributed by atoms with Crippen molar-refractivity contribution in [1.82, 2.24) is 4.57 Å². The molecule has 2 aromatic rings. The monoisotopic (exact) mass is 297 g/mol. The molecule has 112 valence electrons. The van der Waals surface area contributed by atoms with Crippen LogP contribution in [0.1, 0.15) is 29.6 Å². The van der Waals surface area contributed by atoms with Gasteiger partial charge in [0.15, 0.2) is 17.3 Å². The summed E-state index contributed by atoms with van der Waals surface area (Å²) in [6.07, 6.45) is 0.920. The van der Waals surface area contributed by atoms with Gasteiger partial charge < -0.3 is 4.57 Å². The number of Topliss-reactive ketones (excluding diaryl/α,β-unsaturated/α-hetero) is 3. The van der Waals surface area contributed by atoms with E-state index in [1.807, 2.05) is 0 Å². The number of hydrogen-bond donors (Lipinski definition) is 0. The maximum Gasteiger partial charge on any atom is 0.261 e. The SMILES string of the molecule is Cn1c(=O)c(C(=O)C2C(=O)CCCC2=O)cc2ccccc21. The normalized spacial score (nSPS) is 16.2. The average molecular weight is 297 g/mol. The van der Waals surface area contributed by atoms with Crippen LogP contribution in [-0.2, 0) is 16.6 Å². The Kier molecular flexibility index (Phi) is 3.48. The van der Waals surface area contributed by atoms with Gasteiger partial charge in [-0.1, -0.05) is 18.2 Å². The van der Waals surface area contributed by atoms with E-state index in [0.29, 0.717) is 11.9 Å². The van der Waals surface area contributed by atoms with Gasteiger partial charge in [-0.15, -0.1) is 0 Å². The Morgan fingerprint density at radius 1 is 1.09 bits per heavy atom. The molecule has 0 aliphatic heterocycles. The highest BCUT2D eigenvalue weighted by atomic mass is 16.2. The third-order valence-electron chi connectivity index (χ3n) is 4.15. The molecule has 3 rings (SSSR count). The van der Waals surface area contributed by atoms with E-state index in [-0.39, 0.29) is 30.0 Å². The number of pyridine rings is 1. The number of benzene rings is 1. The van der Waals surface area contributed by atoms with E-state index in [4.69, 9.17) is 0 Å². The highest BCUT2D eigenvalue weighted by Crippen LogP contribution is 2.22. The molecule has 1 aliphatic carbocycles. The molecule has 0 saturated heterocycles. The maximum absolute atomic E-state index is 12.6. The molecule has 5 nitrogen and oxygen atoms in total. The molecule has 0 atom stereocenters. The lowest BCUT2D eigenvalue weighted by Gasteiger charge is -2.18. The third-order valence-corrected chi connectivity index (χ3v) is 4.15. The summed E-state index contributed by atoms with van der Waals surface area (Å²) in [5.74, 6) is -2.73. The van der Waals surface area contributed by atoms with E-state index < -0.39 is 17.3 Å². The second-order valence-electron chi connectivity index (χ2n) is 5.56. The Bertz CT molecular complexity index is 847. The van der Waals surface area contributed by atoms with Crippen molar-refractivity contribution >= 4 is 28.3 Å². The third kappa shape index (κ3) is 2.19. The molecule has 1 aliphatic rings. The van der Waals surface area contributed by atoms with Crippen LogP contribution in [0.5, 0.6) is 0 Å². The fourth-order valence-electron chi connectivity index (χ4n) is 2.95. The van der Waals surface area contributed by atoms with E-state index in [1.54, 1.807) is 31.3 Å². The van der Waals surface area contributed by atoms with E-state index in [9.17, 15) is 19.2 Å². The first-order valence-corrected chi connectivity index (χ1v) is 7.19. The van der Waals surface area contributed by atoms with Gasteiger partial charge in [-0.05, 0) is 23.9 Å². The molecular weight excluding hydrogens is 282 g/mol. The minimum absolute atomic E-state index is 0.0881. The number of nitrogens with zero attached hydrogens (tertiary/aromatic N) is 1. The first kappa shape index (κ1) is 14.4. The zero-order valence-electron chi connectivity index (χ0n) is 12.2. The molecule has 1 fully saturated rings. The van der Waals surface area contributed by atoms with Gasteiger partial charge in [0.05, 0.1) is 11.1 Å². The van der Waals surface area contributed by atoms with Crippen molar-refractivity contribution in [3.63, 3.8) is 0 Å². The zero-order chi connectivity index (χ0) is 15.9. The van der Waals surface area contributed by atoms with Crippen LogP contribution in [0.3, 0.4) is 0 Å². The number of rotatable bonds is 2. The van der Waals surface area contributed by atoms with Gasteiger partial charge in [-0.25, -0.2) is 0 Å². The first-order valence-electron chi connectivity index (χ1n) is 7.19. The Labute approximate surface area is 126 Å². The summed E-state index contributed by atoms with van der Waals surface area (Å²) >= 11 is 0. The number of carbonyl (C=O) groups excluding carboxylic acids is 3. The van der Waals surface area contributed by atoms with Crippen LogP contribution in [0.25, 0.3) is 10.9 Å². The molecule has 22 heavy (non-hydrogen) atoms. The summed E-state index contributed by atoms with van der Waals surface area (Å²) in [5, 5.41) is 0.726. The molecule has 0 N–H and O–H groups in total. The van der Waals surface area contributed by atoms with Gasteiger partial charge in [0.2, 0.25) is 0 Å². The van der Waals surface area contributed by atoms with Crippen LogP contribution in [0.4, 0.5) is 0 Å². The van der Waals surface area contributed by atoms with E-state index in [0.717, 1.165) is 5.39 Å². The Morgan fingerprint density at radius 3 is 2.41 bits per heavy atom. The molecule has 0 amide bonds. The molecular formula is C17H15NO4. The lowest BCUT2D eigenvalue weighted by molar-refractivity contribution is -0.133. The Balaban J connectivity index is 2.15. The molecule has 1 saturated carbocycles. The van der Waals surface area contributed by atoms with Crippen LogP contribution in [0.2, 0.25) is 0 Å². The van der Waals surface area contributed by atoms with Gasteiger partial charge in [-0.3, -0.25) is 19.2 Å². The van der Waals surface area contributed by atoms with Crippen molar-refractivity contribution in [2.45, 2.75) is 19.3 Å². The average Bonchev–Trinajstić information content (AvgIpc) is 2.50. The number of aryl methyl sites for hydroxylation is 1. The Hall–Kier alpha value is -2.56. The van der Waals surface area contributed by atoms with Crippen molar-refractivity contribution in [1.29, 1.82) is 0 Å². The van der Waals surface area contributed by atoms with Crippen LogP contribution in [0, 0.1) is 5.92 Å². The number of hydrogen-bond acceptors (Lipinski definition) is 4. The second kappa shape index (κ2) is 5.33. The zero-order valence-corrected chi connectivity index (χ0v) is 12.2. The van der Waals surface area contributed by atoms with Gasteiger partial charge in [-0.2, -0.15) is 0 Å². The minimum atomic E-state index is -1.30. The topological polar surface area (TPSA) is 73.2 Å². The van der Waals surface area contributed by atoms with E-state index >= 15 is 0 Å². The molecule has 5 heteroatoms. The summed E-state index contributed by atoms with van der Waals surface area (Å²) in [5.41, 5.74) is 0.134. The van der Waals surface area contributed by atoms with Crippen LogP contribution >= 0.6 is 0 Å². The highest BCUT2D eigenvalue weighted by Gasteiger charge is 2.37. The summed E-state index contributed by atoms with van der Waals surface area (Å²) in [7, 11) is 1.58. The van der Waals surface area contributed by atoms with Crippen LogP contribution < -0.4 is 5.56 Å². The standard InChI is InChI=1S/C17H15NO4/c1-18-12-6-3-2-5-10(12)9-11(17(18)22)16(21)15-13(19)7-4-8-14(15)20/h2-3,5-6,9,15H,4,7-8H2,1H3. The number of para-hydroxylation sites is 1. The molecule has 0 radical (unpaired) electrons. The smallest absolute Gasteiger partial charge is 0.261 e. The van der Waals surface area contributed by atoms with Crippen molar-refractivity contribution < 1.29 is 14.4 Å². The predicted octanol–water partition coefficient (Wildman–Crippen LogP) is 1.66. The predicted molar refractivity (Wildman–Crippen MR) is 80.9 cm³/mol. The summed E-state index contributed by atoms with van der Waals surface area (Å²) < 4.78 is 1.38. The van der Waals surface area contributed by atoms with Gasteiger partial charge in [0.1, 0.15) is 5.92 Å². The summed E-state index contributed by atoms with van der Waals surface area (Å²) in [6.45, 7) is 0. The maximum atomic E-state index is 12.6. The van der Waals surface area contributed by atoms with Crippen LogP contribution in [0.15, 0.2) is 35.1 Å². The summed E-state index contributed by atoms with van der Waals surface area (Å²) in [6, 6.07) is 8.66. The molecule has 0 unspecified atom stereocenters. The van der Waals surface area contributed by atoms with Crippen molar-refractivity contribution in [3.05, 3.63) is 46.2 Å². The van der Waals surface area contributed by atoms with Crippen molar-refractivity contribution in [3.8, 4) is 0 Å². The molecule has 1 aromatic heterocycles. The summed E-state index contributed by atoms with van der Waals surface area (Å²) in [4.78, 5) is 48.8. The van der Waals surface area contributed by atoms with Gasteiger partial charge >= 0.3 is 0 Å². The molecule has 1 aromatic carbocycles. The minimum Gasteiger partial charge on any atom is -0.311 e. The molecule has 0 spiro atoms. The fraction of sp³-hybridized carbons (Fsp3) is 0.294. The van der Waals surface area contributed by atoms with Crippen LogP contribution in [-0.4, -0.2) is 21.9 Å². The lowest BCUT2D eigenvalue weighted by atomic mass is 9.82. The van der Waals surface area contributed by atoms with Gasteiger partial charge in [0.25, 0.3) is 5.56 Å². The number of ketones is 3. The molecule has 1 heterocycles. The lowest BCUT2D eigenvalue weighted by Crippen LogP contribution is -2.38. The first-order chi connectivity index (χ1) is 10.5. The van der Waals surface area contributed by atoms with Gasteiger partial charge in [0, 0.05) is 19.9 Å². The second-order valence-corrected chi connectivity index (χ2v) is 5.56. The van der Waals surface area contributed by atoms with Crippen molar-refractivity contribution in [2.75, 3.05) is 0 Å². The largest absolute Gasteiger partial charge is 0.311 e. The number of fused-ring (bicyclic) bond motifs is 1. The Morgan fingerprint density at radius 2 is 1.73 bits per heavy atom. The van der Waals surface area contributed by atoms with Crippen molar-refractivity contribution in [2.24, 2.45) is 13.0 Å². The van der Waals surface area contributed by atoms with E-state index in [1.165, 1.54) is 10.6 Å². The number of carbonyl (C=O) groups is 3. The number of aromatic nitrogens is 1.